The van der Waals surface area contributed by atoms with Gasteiger partial charge in [0.05, 0.1) is 13.2 Å². The van der Waals surface area contributed by atoms with Gasteiger partial charge in [0.2, 0.25) is 0 Å². The van der Waals surface area contributed by atoms with Gasteiger partial charge in [0.25, 0.3) is 5.91 Å². The molecule has 0 aromatic heterocycles. The number of morpholine rings is 1. The minimum atomic E-state index is -0.487. The second kappa shape index (κ2) is 9.73. The topological polar surface area (TPSA) is 67.9 Å². The quantitative estimate of drug-likeness (QED) is 0.851. The van der Waals surface area contributed by atoms with E-state index in [1.54, 1.807) is 11.0 Å². The average molecular weight is 368 g/mol. The lowest BCUT2D eigenvalue weighted by Gasteiger charge is -2.27. The van der Waals surface area contributed by atoms with Crippen LogP contribution in [0.2, 0.25) is 0 Å². The molecule has 142 valence electrons. The third-order valence-corrected chi connectivity index (χ3v) is 4.43. The normalized spacial score (nSPS) is 13.9. The molecule has 6 heteroatoms. The Kier molecular flexibility index (Phi) is 6.82. The minimum Gasteiger partial charge on any atom is -0.445 e. The van der Waals surface area contributed by atoms with Crippen molar-refractivity contribution in [1.29, 1.82) is 0 Å². The smallest absolute Gasteiger partial charge is 0.407 e. The molecule has 1 saturated heterocycles. The maximum atomic E-state index is 12.7. The summed E-state index contributed by atoms with van der Waals surface area (Å²) in [7, 11) is 0. The van der Waals surface area contributed by atoms with Crippen molar-refractivity contribution in [3.8, 4) is 0 Å². The Labute approximate surface area is 159 Å². The molecule has 3 rings (SSSR count). The molecule has 6 nitrogen and oxygen atoms in total. The highest BCUT2D eigenvalue weighted by molar-refractivity contribution is 5.95. The molecule has 0 unspecified atom stereocenters. The van der Waals surface area contributed by atoms with Crippen LogP contribution in [-0.2, 0) is 22.5 Å². The number of nitrogens with one attached hydrogen (secondary N) is 1. The molecule has 1 N–H and O–H groups in total. The van der Waals surface area contributed by atoms with Crippen LogP contribution >= 0.6 is 0 Å². The third-order valence-electron chi connectivity index (χ3n) is 4.43. The zero-order chi connectivity index (χ0) is 18.9. The van der Waals surface area contributed by atoms with Gasteiger partial charge < -0.3 is 19.7 Å². The molecule has 2 aromatic rings. The number of nitrogens with zero attached hydrogens (tertiary/aromatic N) is 1. The Balaban J connectivity index is 1.50. The van der Waals surface area contributed by atoms with Gasteiger partial charge in [0.15, 0.2) is 0 Å². The van der Waals surface area contributed by atoms with Crippen LogP contribution in [0.25, 0.3) is 0 Å². The first-order valence-corrected chi connectivity index (χ1v) is 9.13. The Morgan fingerprint density at radius 1 is 1.00 bits per heavy atom. The molecule has 1 aliphatic rings. The minimum absolute atomic E-state index is 0.0537. The fourth-order valence-corrected chi connectivity index (χ4v) is 2.94. The second-order valence-electron chi connectivity index (χ2n) is 6.30. The Morgan fingerprint density at radius 3 is 2.48 bits per heavy atom. The van der Waals surface area contributed by atoms with E-state index >= 15 is 0 Å². The predicted molar refractivity (Wildman–Crippen MR) is 101 cm³/mol. The lowest BCUT2D eigenvalue weighted by Crippen LogP contribution is -2.41. The van der Waals surface area contributed by atoms with E-state index in [2.05, 4.69) is 5.32 Å². The lowest BCUT2D eigenvalue weighted by molar-refractivity contribution is 0.0300. The molecule has 0 aliphatic carbocycles. The maximum Gasteiger partial charge on any atom is 0.407 e. The number of benzene rings is 2. The maximum absolute atomic E-state index is 12.7. The molecule has 1 aliphatic heterocycles. The Morgan fingerprint density at radius 2 is 1.70 bits per heavy atom. The lowest BCUT2D eigenvalue weighted by atomic mass is 10.1. The van der Waals surface area contributed by atoms with Gasteiger partial charge in [-0.1, -0.05) is 48.5 Å². The van der Waals surface area contributed by atoms with Gasteiger partial charge in [0, 0.05) is 30.8 Å². The van der Waals surface area contributed by atoms with Crippen molar-refractivity contribution in [1.82, 2.24) is 10.2 Å². The van der Waals surface area contributed by atoms with Crippen LogP contribution in [0.15, 0.2) is 54.6 Å². The fraction of sp³-hybridized carbons (Fsp3) is 0.333. The van der Waals surface area contributed by atoms with Crippen molar-refractivity contribution < 1.29 is 19.1 Å². The van der Waals surface area contributed by atoms with E-state index in [-0.39, 0.29) is 12.5 Å². The van der Waals surface area contributed by atoms with Crippen LogP contribution in [0.5, 0.6) is 0 Å². The van der Waals surface area contributed by atoms with E-state index in [0.29, 0.717) is 44.0 Å². The summed E-state index contributed by atoms with van der Waals surface area (Å²) in [5, 5.41) is 2.74. The van der Waals surface area contributed by atoms with E-state index < -0.39 is 6.09 Å². The van der Waals surface area contributed by atoms with Crippen molar-refractivity contribution in [3.63, 3.8) is 0 Å². The molecule has 0 spiro atoms. The molecule has 2 aromatic carbocycles. The van der Waals surface area contributed by atoms with E-state index in [4.69, 9.17) is 9.47 Å². The summed E-state index contributed by atoms with van der Waals surface area (Å²) in [5.41, 5.74) is 2.42. The first-order chi connectivity index (χ1) is 13.2. The van der Waals surface area contributed by atoms with E-state index in [9.17, 15) is 9.59 Å². The van der Waals surface area contributed by atoms with E-state index in [0.717, 1.165) is 12.0 Å². The van der Waals surface area contributed by atoms with Crippen molar-refractivity contribution in [2.24, 2.45) is 0 Å². The number of hydrogen-bond donors (Lipinski definition) is 1. The highest BCUT2D eigenvalue weighted by Crippen LogP contribution is 2.14. The van der Waals surface area contributed by atoms with Crippen LogP contribution in [0.4, 0.5) is 4.79 Å². The van der Waals surface area contributed by atoms with Crippen molar-refractivity contribution in [2.75, 3.05) is 32.8 Å². The number of hydrogen-bond acceptors (Lipinski definition) is 4. The summed E-state index contributed by atoms with van der Waals surface area (Å²) in [5.74, 6) is -0.0537. The number of ether oxygens (including phenoxy) is 2. The molecule has 1 heterocycles. The number of carbonyl (C=O) groups excluding carboxylic acids is 2. The number of carbonyl (C=O) groups is 2. The molecule has 0 bridgehead atoms. The largest absolute Gasteiger partial charge is 0.445 e. The predicted octanol–water partition coefficient (Wildman–Crippen LogP) is 2.63. The zero-order valence-corrected chi connectivity index (χ0v) is 15.2. The van der Waals surface area contributed by atoms with E-state index in [1.807, 2.05) is 48.5 Å². The summed E-state index contributed by atoms with van der Waals surface area (Å²) in [4.78, 5) is 26.4. The highest BCUT2D eigenvalue weighted by Gasteiger charge is 2.21. The van der Waals surface area contributed by atoms with Gasteiger partial charge in [-0.05, 0) is 18.1 Å². The summed E-state index contributed by atoms with van der Waals surface area (Å²) in [6.45, 7) is 2.81. The van der Waals surface area contributed by atoms with Crippen LogP contribution in [0.1, 0.15) is 21.5 Å². The molecule has 0 radical (unpaired) electrons. The van der Waals surface area contributed by atoms with E-state index in [1.165, 1.54) is 0 Å². The zero-order valence-electron chi connectivity index (χ0n) is 15.2. The summed E-state index contributed by atoms with van der Waals surface area (Å²) >= 11 is 0. The van der Waals surface area contributed by atoms with Gasteiger partial charge in [-0.2, -0.15) is 0 Å². The first-order valence-electron chi connectivity index (χ1n) is 9.13. The third kappa shape index (κ3) is 5.56. The van der Waals surface area contributed by atoms with Crippen molar-refractivity contribution in [3.05, 3.63) is 71.3 Å². The summed E-state index contributed by atoms with van der Waals surface area (Å²) in [6, 6.07) is 17.2. The van der Waals surface area contributed by atoms with Crippen LogP contribution in [-0.4, -0.2) is 49.7 Å². The van der Waals surface area contributed by atoms with Gasteiger partial charge in [-0.25, -0.2) is 4.79 Å². The number of alkyl carbamates (subject to hydrolysis) is 1. The number of rotatable bonds is 6. The summed E-state index contributed by atoms with van der Waals surface area (Å²) in [6.07, 6.45) is 0.252. The van der Waals surface area contributed by atoms with Crippen LogP contribution < -0.4 is 5.32 Å². The van der Waals surface area contributed by atoms with Gasteiger partial charge in [-0.15, -0.1) is 0 Å². The average Bonchev–Trinajstić information content (AvgIpc) is 2.73. The summed E-state index contributed by atoms with van der Waals surface area (Å²) < 4.78 is 10.6. The monoisotopic (exact) mass is 368 g/mol. The SMILES string of the molecule is O=C(NCCc1ccccc1)OCc1ccccc1C(=O)N1CCOCC1. The van der Waals surface area contributed by atoms with Crippen molar-refractivity contribution >= 4 is 12.0 Å². The molecule has 27 heavy (non-hydrogen) atoms. The fourth-order valence-electron chi connectivity index (χ4n) is 2.94. The molecular weight excluding hydrogens is 344 g/mol. The molecule has 2 amide bonds. The van der Waals surface area contributed by atoms with Gasteiger partial charge >= 0.3 is 6.09 Å². The molecular formula is C21H24N2O4. The van der Waals surface area contributed by atoms with Crippen molar-refractivity contribution in [2.45, 2.75) is 13.0 Å². The molecule has 1 fully saturated rings. The first kappa shape index (κ1) is 18.9. The number of amides is 2. The Bertz CT molecular complexity index is 758. The molecule has 0 atom stereocenters. The second-order valence-corrected chi connectivity index (χ2v) is 6.30. The van der Waals surface area contributed by atoms with Crippen LogP contribution in [0.3, 0.4) is 0 Å². The van der Waals surface area contributed by atoms with Gasteiger partial charge in [0.1, 0.15) is 6.61 Å². The molecule has 0 saturated carbocycles. The Hall–Kier alpha value is -2.86. The highest BCUT2D eigenvalue weighted by atomic mass is 16.5. The standard InChI is InChI=1S/C21H24N2O4/c24-20(23-12-14-26-15-13-23)19-9-5-4-8-18(19)16-27-21(25)22-11-10-17-6-2-1-3-7-17/h1-9H,10-16H2,(H,22,25). The van der Waals surface area contributed by atoms with Crippen LogP contribution in [0, 0.1) is 0 Å². The van der Waals surface area contributed by atoms with Gasteiger partial charge in [-0.3, -0.25) is 4.79 Å².